The van der Waals surface area contributed by atoms with Gasteiger partial charge in [0.05, 0.1) is 17.2 Å². The van der Waals surface area contributed by atoms with Gasteiger partial charge in [-0.1, -0.05) is 48.5 Å². The summed E-state index contributed by atoms with van der Waals surface area (Å²) in [6, 6.07) is 21.6. The van der Waals surface area contributed by atoms with Crippen LogP contribution in [0.3, 0.4) is 0 Å². The van der Waals surface area contributed by atoms with Gasteiger partial charge in [-0.25, -0.2) is 4.98 Å². The van der Waals surface area contributed by atoms with Crippen molar-refractivity contribution >= 4 is 50.2 Å². The minimum absolute atomic E-state index is 0. The van der Waals surface area contributed by atoms with Gasteiger partial charge in [0.2, 0.25) is 0 Å². The van der Waals surface area contributed by atoms with Crippen molar-refractivity contribution in [3.8, 4) is 11.1 Å². The molecule has 0 aliphatic carbocycles. The number of fused-ring (bicyclic) bond motifs is 2. The second-order valence-corrected chi connectivity index (χ2v) is 6.78. The standard InChI is InChI=1S/C20H12INO2.Li/c21-14-10-13-8-9-18(20(23)24)22-19(13)17(11-14)16-7-3-5-12-4-1-2-6-15(12)16;/h1-11H,(H,23,24);/q;+1/p-1. The zero-order valence-corrected chi connectivity index (χ0v) is 15.7. The van der Waals surface area contributed by atoms with Gasteiger partial charge in [-0.05, 0) is 57.1 Å². The molecule has 0 aliphatic heterocycles. The summed E-state index contributed by atoms with van der Waals surface area (Å²) in [5.41, 5.74) is 2.59. The number of nitrogens with zero attached hydrogens (tertiary/aromatic N) is 1. The molecule has 1 heterocycles. The van der Waals surface area contributed by atoms with Crippen LogP contribution in [0.5, 0.6) is 0 Å². The fourth-order valence-electron chi connectivity index (χ4n) is 2.98. The monoisotopic (exact) mass is 431 g/mol. The van der Waals surface area contributed by atoms with Crippen LogP contribution in [-0.2, 0) is 0 Å². The Hall–Kier alpha value is -1.87. The molecule has 0 amide bonds. The van der Waals surface area contributed by atoms with E-state index in [1.807, 2.05) is 36.4 Å². The van der Waals surface area contributed by atoms with Gasteiger partial charge in [-0.3, -0.25) is 0 Å². The van der Waals surface area contributed by atoms with Gasteiger partial charge in [0, 0.05) is 14.5 Å². The summed E-state index contributed by atoms with van der Waals surface area (Å²) >= 11 is 2.27. The number of rotatable bonds is 2. The molecule has 4 aromatic rings. The van der Waals surface area contributed by atoms with Crippen LogP contribution in [0.1, 0.15) is 10.5 Å². The number of hydrogen-bond donors (Lipinski definition) is 0. The Morgan fingerprint density at radius 2 is 1.64 bits per heavy atom. The Morgan fingerprint density at radius 3 is 2.44 bits per heavy atom. The van der Waals surface area contributed by atoms with Gasteiger partial charge in [-0.15, -0.1) is 0 Å². The number of aromatic nitrogens is 1. The second kappa shape index (κ2) is 7.17. The first-order valence-corrected chi connectivity index (χ1v) is 8.51. The van der Waals surface area contributed by atoms with Crippen LogP contribution in [-0.4, -0.2) is 11.0 Å². The number of carboxylic acid groups (broad SMARTS) is 1. The molecule has 0 saturated carbocycles. The molecule has 0 atom stereocenters. The van der Waals surface area contributed by atoms with E-state index in [1.54, 1.807) is 6.07 Å². The topological polar surface area (TPSA) is 53.0 Å². The molecule has 0 unspecified atom stereocenters. The van der Waals surface area contributed by atoms with Gasteiger partial charge in [0.25, 0.3) is 0 Å². The minimum atomic E-state index is -1.26. The van der Waals surface area contributed by atoms with Crippen molar-refractivity contribution in [2.75, 3.05) is 0 Å². The Labute approximate surface area is 170 Å². The molecule has 3 nitrogen and oxygen atoms in total. The minimum Gasteiger partial charge on any atom is -0.543 e. The fraction of sp³-hybridized carbons (Fsp3) is 0. The van der Waals surface area contributed by atoms with Crippen LogP contribution in [0.25, 0.3) is 32.8 Å². The van der Waals surface area contributed by atoms with Crippen LogP contribution in [0, 0.1) is 3.57 Å². The average molecular weight is 431 g/mol. The number of hydrogen-bond acceptors (Lipinski definition) is 3. The molecule has 0 radical (unpaired) electrons. The van der Waals surface area contributed by atoms with Gasteiger partial charge in [-0.2, -0.15) is 0 Å². The van der Waals surface area contributed by atoms with E-state index in [4.69, 9.17) is 0 Å². The Bertz CT molecular complexity index is 1110. The van der Waals surface area contributed by atoms with E-state index in [0.29, 0.717) is 5.52 Å². The van der Waals surface area contributed by atoms with Crippen molar-refractivity contribution in [3.05, 3.63) is 76.0 Å². The number of aromatic carboxylic acids is 1. The fourth-order valence-corrected chi connectivity index (χ4v) is 3.62. The summed E-state index contributed by atoms with van der Waals surface area (Å²) < 4.78 is 1.08. The maximum Gasteiger partial charge on any atom is 1.00 e. The molecule has 0 spiro atoms. The molecule has 1 aromatic heterocycles. The quantitative estimate of drug-likeness (QED) is 0.352. The summed E-state index contributed by atoms with van der Waals surface area (Å²) in [6.07, 6.45) is 0. The molecule has 0 aliphatic rings. The summed E-state index contributed by atoms with van der Waals surface area (Å²) in [6.45, 7) is 0. The van der Waals surface area contributed by atoms with E-state index >= 15 is 0 Å². The third-order valence-electron chi connectivity index (χ3n) is 4.05. The van der Waals surface area contributed by atoms with Gasteiger partial charge in [0.15, 0.2) is 0 Å². The van der Waals surface area contributed by atoms with Crippen LogP contribution in [0.15, 0.2) is 66.7 Å². The van der Waals surface area contributed by atoms with Crippen molar-refractivity contribution in [1.82, 2.24) is 4.98 Å². The van der Waals surface area contributed by atoms with Crippen molar-refractivity contribution in [1.29, 1.82) is 0 Å². The number of carbonyl (C=O) groups is 1. The molecule has 5 heteroatoms. The predicted octanol–water partition coefficient (Wildman–Crippen LogP) is 1.03. The van der Waals surface area contributed by atoms with Gasteiger partial charge >= 0.3 is 18.9 Å². The number of carboxylic acids is 1. The third kappa shape index (κ3) is 3.30. The summed E-state index contributed by atoms with van der Waals surface area (Å²) in [4.78, 5) is 15.5. The Balaban J connectivity index is 0.00000182. The van der Waals surface area contributed by atoms with Crippen LogP contribution >= 0.6 is 22.6 Å². The predicted molar refractivity (Wildman–Crippen MR) is 102 cm³/mol. The number of carbonyl (C=O) groups excluding carboxylic acids is 1. The number of halogens is 1. The van der Waals surface area contributed by atoms with Gasteiger partial charge in [0.1, 0.15) is 0 Å². The van der Waals surface area contributed by atoms with Crippen molar-refractivity contribution in [3.63, 3.8) is 0 Å². The number of benzene rings is 3. The molecule has 116 valence electrons. The summed E-state index contributed by atoms with van der Waals surface area (Å²) in [5.74, 6) is -1.26. The first-order chi connectivity index (χ1) is 11.6. The molecule has 4 rings (SSSR count). The smallest absolute Gasteiger partial charge is 0.543 e. The van der Waals surface area contributed by atoms with E-state index in [2.05, 4.69) is 45.8 Å². The van der Waals surface area contributed by atoms with Gasteiger partial charge < -0.3 is 9.90 Å². The largest absolute Gasteiger partial charge is 1.00 e. The Kier molecular flexibility index (Phi) is 5.14. The molecule has 3 aromatic carbocycles. The van der Waals surface area contributed by atoms with Crippen LogP contribution in [0.2, 0.25) is 0 Å². The van der Waals surface area contributed by atoms with E-state index in [1.165, 1.54) is 6.07 Å². The number of pyridine rings is 1. The molecule has 0 bridgehead atoms. The normalized spacial score (nSPS) is 10.6. The SMILES string of the molecule is O=C([O-])c1ccc2cc(I)cc(-c3cccc4ccccc34)c2n1.[Li+]. The third-order valence-corrected chi connectivity index (χ3v) is 4.67. The van der Waals surface area contributed by atoms with Crippen molar-refractivity contribution in [2.45, 2.75) is 0 Å². The molecular weight excluding hydrogens is 420 g/mol. The molecular formula is C20H11ILiNO2. The van der Waals surface area contributed by atoms with E-state index in [9.17, 15) is 9.90 Å². The van der Waals surface area contributed by atoms with E-state index in [-0.39, 0.29) is 24.6 Å². The van der Waals surface area contributed by atoms with Crippen LogP contribution in [0.4, 0.5) is 0 Å². The van der Waals surface area contributed by atoms with Crippen LogP contribution < -0.4 is 24.0 Å². The maximum atomic E-state index is 11.2. The van der Waals surface area contributed by atoms with E-state index in [0.717, 1.165) is 30.9 Å². The zero-order valence-electron chi connectivity index (χ0n) is 13.5. The van der Waals surface area contributed by atoms with E-state index < -0.39 is 5.97 Å². The molecule has 0 saturated heterocycles. The Morgan fingerprint density at radius 1 is 0.880 bits per heavy atom. The first kappa shape index (κ1) is 17.9. The second-order valence-electron chi connectivity index (χ2n) is 5.54. The first-order valence-electron chi connectivity index (χ1n) is 7.43. The zero-order chi connectivity index (χ0) is 16.7. The maximum absolute atomic E-state index is 11.2. The van der Waals surface area contributed by atoms with Crippen molar-refractivity contribution in [2.24, 2.45) is 0 Å². The average Bonchev–Trinajstić information content (AvgIpc) is 2.60. The van der Waals surface area contributed by atoms with Crippen molar-refractivity contribution < 1.29 is 28.8 Å². The summed E-state index contributed by atoms with van der Waals surface area (Å²) in [5, 5.41) is 14.4. The summed E-state index contributed by atoms with van der Waals surface area (Å²) in [7, 11) is 0. The molecule has 0 N–H and O–H groups in total. The molecule has 25 heavy (non-hydrogen) atoms. The molecule has 0 fully saturated rings.